The summed E-state index contributed by atoms with van der Waals surface area (Å²) in [4.78, 5) is 18.5. The Morgan fingerprint density at radius 3 is 2.91 bits per heavy atom. The molecule has 2 N–H and O–H groups in total. The highest BCUT2D eigenvalue weighted by Crippen LogP contribution is 2.21. The number of oxazole rings is 1. The molecule has 6 heteroatoms. The molecule has 1 aliphatic rings. The lowest BCUT2D eigenvalue weighted by atomic mass is 10.1. The van der Waals surface area contributed by atoms with Gasteiger partial charge in [0.15, 0.2) is 0 Å². The molecule has 1 amide bonds. The van der Waals surface area contributed by atoms with E-state index in [9.17, 15) is 4.79 Å². The Hall–Kier alpha value is -1.85. The number of hydrogen-bond donors (Lipinski definition) is 1. The van der Waals surface area contributed by atoms with Crippen molar-refractivity contribution >= 4 is 17.5 Å². The topological polar surface area (TPSA) is 72.4 Å². The number of benzene rings is 1. The Kier molecular flexibility index (Phi) is 4.45. The van der Waals surface area contributed by atoms with E-state index in [2.05, 4.69) is 4.98 Å². The summed E-state index contributed by atoms with van der Waals surface area (Å²) in [6.07, 6.45) is 3.71. The molecule has 0 spiro atoms. The first-order chi connectivity index (χ1) is 10.6. The van der Waals surface area contributed by atoms with E-state index in [4.69, 9.17) is 21.8 Å². The minimum absolute atomic E-state index is 0.0473. The summed E-state index contributed by atoms with van der Waals surface area (Å²) in [5.41, 5.74) is 7.38. The first-order valence-corrected chi connectivity index (χ1v) is 7.73. The van der Waals surface area contributed by atoms with Gasteiger partial charge >= 0.3 is 0 Å². The van der Waals surface area contributed by atoms with E-state index >= 15 is 0 Å². The lowest BCUT2D eigenvalue weighted by Gasteiger charge is -2.30. The van der Waals surface area contributed by atoms with Crippen LogP contribution in [0.2, 0.25) is 5.02 Å². The molecule has 22 heavy (non-hydrogen) atoms. The third-order valence-electron chi connectivity index (χ3n) is 3.79. The first-order valence-electron chi connectivity index (χ1n) is 7.35. The lowest BCUT2D eigenvalue weighted by molar-refractivity contribution is -0.131. The molecule has 1 unspecified atom stereocenters. The van der Waals surface area contributed by atoms with E-state index in [0.29, 0.717) is 23.2 Å². The van der Waals surface area contributed by atoms with Crippen LogP contribution in [-0.4, -0.2) is 34.9 Å². The number of carbonyl (C=O) groups is 1. The van der Waals surface area contributed by atoms with Crippen LogP contribution in [-0.2, 0) is 11.2 Å². The largest absolute Gasteiger partial charge is 0.444 e. The molecule has 2 heterocycles. The SMILES string of the molecule is NC1CCCN(C(=O)Cc2coc(-c3ccc(Cl)cc3)n2)C1. The average molecular weight is 320 g/mol. The zero-order chi connectivity index (χ0) is 15.5. The van der Waals surface area contributed by atoms with E-state index in [1.54, 1.807) is 12.1 Å². The van der Waals surface area contributed by atoms with Gasteiger partial charge in [0.05, 0.1) is 12.1 Å². The molecule has 0 bridgehead atoms. The Balaban J connectivity index is 1.66. The van der Waals surface area contributed by atoms with Crippen LogP contribution < -0.4 is 5.73 Å². The van der Waals surface area contributed by atoms with Gasteiger partial charge in [0.2, 0.25) is 11.8 Å². The van der Waals surface area contributed by atoms with E-state index in [0.717, 1.165) is 24.9 Å². The average Bonchev–Trinajstić information content (AvgIpc) is 2.96. The summed E-state index contributed by atoms with van der Waals surface area (Å²) in [5.74, 6) is 0.543. The second-order valence-electron chi connectivity index (χ2n) is 5.57. The smallest absolute Gasteiger partial charge is 0.228 e. The highest BCUT2D eigenvalue weighted by molar-refractivity contribution is 6.30. The van der Waals surface area contributed by atoms with Crippen LogP contribution in [0, 0.1) is 0 Å². The van der Waals surface area contributed by atoms with Gasteiger partial charge in [-0.05, 0) is 37.1 Å². The highest BCUT2D eigenvalue weighted by Gasteiger charge is 2.22. The number of nitrogens with two attached hydrogens (primary N) is 1. The molecular formula is C16H18ClN3O2. The van der Waals surface area contributed by atoms with Crippen molar-refractivity contribution in [2.45, 2.75) is 25.3 Å². The van der Waals surface area contributed by atoms with Crippen LogP contribution in [0.4, 0.5) is 0 Å². The molecule has 1 atom stereocenters. The number of hydrogen-bond acceptors (Lipinski definition) is 4. The molecule has 2 aromatic rings. The van der Waals surface area contributed by atoms with Crippen LogP contribution in [0.25, 0.3) is 11.5 Å². The number of halogens is 1. The van der Waals surface area contributed by atoms with Gasteiger partial charge in [-0.1, -0.05) is 11.6 Å². The van der Waals surface area contributed by atoms with Crippen molar-refractivity contribution in [1.82, 2.24) is 9.88 Å². The summed E-state index contributed by atoms with van der Waals surface area (Å²) in [5, 5.41) is 0.659. The summed E-state index contributed by atoms with van der Waals surface area (Å²) in [6.45, 7) is 1.40. The van der Waals surface area contributed by atoms with Gasteiger partial charge in [-0.15, -0.1) is 0 Å². The van der Waals surface area contributed by atoms with Crippen molar-refractivity contribution in [2.24, 2.45) is 5.73 Å². The fraction of sp³-hybridized carbons (Fsp3) is 0.375. The lowest BCUT2D eigenvalue weighted by Crippen LogP contribution is -2.46. The molecule has 116 valence electrons. The molecule has 1 saturated heterocycles. The number of likely N-dealkylation sites (tertiary alicyclic amines) is 1. The number of nitrogens with zero attached hydrogens (tertiary/aromatic N) is 2. The molecule has 0 saturated carbocycles. The zero-order valence-corrected chi connectivity index (χ0v) is 12.9. The van der Waals surface area contributed by atoms with Crippen molar-refractivity contribution in [3.63, 3.8) is 0 Å². The number of carbonyl (C=O) groups excluding carboxylic acids is 1. The Morgan fingerprint density at radius 1 is 1.41 bits per heavy atom. The summed E-state index contributed by atoms with van der Waals surface area (Å²) < 4.78 is 5.45. The van der Waals surface area contributed by atoms with E-state index in [-0.39, 0.29) is 18.4 Å². The molecule has 1 aromatic heterocycles. The third-order valence-corrected chi connectivity index (χ3v) is 4.04. The van der Waals surface area contributed by atoms with Gasteiger partial charge in [-0.3, -0.25) is 4.79 Å². The maximum absolute atomic E-state index is 12.3. The predicted molar refractivity (Wildman–Crippen MR) is 84.4 cm³/mol. The monoisotopic (exact) mass is 319 g/mol. The van der Waals surface area contributed by atoms with Crippen LogP contribution in [0.1, 0.15) is 18.5 Å². The van der Waals surface area contributed by atoms with Gasteiger partial charge < -0.3 is 15.1 Å². The molecule has 5 nitrogen and oxygen atoms in total. The number of aromatic nitrogens is 1. The molecule has 1 fully saturated rings. The standard InChI is InChI=1S/C16H18ClN3O2/c17-12-5-3-11(4-6-12)16-19-14(10-22-16)8-15(21)20-7-1-2-13(18)9-20/h3-6,10,13H,1-2,7-9,18H2. The summed E-state index contributed by atoms with van der Waals surface area (Å²) >= 11 is 5.86. The van der Waals surface area contributed by atoms with Gasteiger partial charge in [-0.25, -0.2) is 4.98 Å². The summed E-state index contributed by atoms with van der Waals surface area (Å²) in [7, 11) is 0. The van der Waals surface area contributed by atoms with E-state index in [1.165, 1.54) is 6.26 Å². The van der Waals surface area contributed by atoms with E-state index in [1.807, 2.05) is 17.0 Å². The Morgan fingerprint density at radius 2 is 2.18 bits per heavy atom. The molecular weight excluding hydrogens is 302 g/mol. The van der Waals surface area contributed by atoms with Gasteiger partial charge in [0.1, 0.15) is 6.26 Å². The molecule has 0 radical (unpaired) electrons. The number of piperidine rings is 1. The first kappa shape index (κ1) is 15.1. The second kappa shape index (κ2) is 6.50. The van der Waals surface area contributed by atoms with E-state index < -0.39 is 0 Å². The maximum Gasteiger partial charge on any atom is 0.228 e. The quantitative estimate of drug-likeness (QED) is 0.943. The number of amides is 1. The maximum atomic E-state index is 12.3. The fourth-order valence-electron chi connectivity index (χ4n) is 2.62. The van der Waals surface area contributed by atoms with Gasteiger partial charge in [-0.2, -0.15) is 0 Å². The molecule has 3 rings (SSSR count). The van der Waals surface area contributed by atoms with Crippen LogP contribution in [0.15, 0.2) is 34.9 Å². The van der Waals surface area contributed by atoms with Crippen molar-refractivity contribution in [3.8, 4) is 11.5 Å². The summed E-state index contributed by atoms with van der Waals surface area (Å²) in [6, 6.07) is 7.31. The van der Waals surface area contributed by atoms with Crippen molar-refractivity contribution < 1.29 is 9.21 Å². The van der Waals surface area contributed by atoms with Gasteiger partial charge in [0.25, 0.3) is 0 Å². The predicted octanol–water partition coefficient (Wildman–Crippen LogP) is 2.49. The fourth-order valence-corrected chi connectivity index (χ4v) is 2.74. The van der Waals surface area contributed by atoms with Crippen LogP contribution >= 0.6 is 11.6 Å². The minimum atomic E-state index is 0.0473. The molecule has 0 aliphatic carbocycles. The van der Waals surface area contributed by atoms with Crippen molar-refractivity contribution in [3.05, 3.63) is 41.2 Å². The third kappa shape index (κ3) is 3.48. The Labute approximate surface area is 134 Å². The van der Waals surface area contributed by atoms with Crippen LogP contribution in [0.5, 0.6) is 0 Å². The minimum Gasteiger partial charge on any atom is -0.444 e. The van der Waals surface area contributed by atoms with Crippen LogP contribution in [0.3, 0.4) is 0 Å². The van der Waals surface area contributed by atoms with Gasteiger partial charge in [0, 0.05) is 29.7 Å². The van der Waals surface area contributed by atoms with Crippen molar-refractivity contribution in [2.75, 3.05) is 13.1 Å². The molecule has 1 aromatic carbocycles. The Bertz CT molecular complexity index is 654. The zero-order valence-electron chi connectivity index (χ0n) is 12.2. The normalized spacial score (nSPS) is 18.5. The molecule has 1 aliphatic heterocycles. The van der Waals surface area contributed by atoms with Crippen molar-refractivity contribution in [1.29, 1.82) is 0 Å². The second-order valence-corrected chi connectivity index (χ2v) is 6.01. The highest BCUT2D eigenvalue weighted by atomic mass is 35.5. The number of rotatable bonds is 3.